The molecule has 1 nitrogen and oxygen atoms in total. The van der Waals surface area contributed by atoms with Gasteiger partial charge in [0.1, 0.15) is 0 Å². The van der Waals surface area contributed by atoms with Crippen molar-refractivity contribution < 1.29 is 0 Å². The van der Waals surface area contributed by atoms with E-state index >= 15 is 0 Å². The molecule has 0 radical (unpaired) electrons. The fraction of sp³-hybridized carbons (Fsp3) is 0.462. The highest BCUT2D eigenvalue weighted by atomic mass is 79.9. The molecule has 0 saturated carbocycles. The van der Waals surface area contributed by atoms with Gasteiger partial charge in [0.2, 0.25) is 0 Å². The highest BCUT2D eigenvalue weighted by Gasteiger charge is 2.13. The number of halogens is 1. The molecule has 0 amide bonds. The summed E-state index contributed by atoms with van der Waals surface area (Å²) in [5.41, 5.74) is 4.13. The molecule has 0 bridgehead atoms. The summed E-state index contributed by atoms with van der Waals surface area (Å²) in [5.74, 6) is 0. The van der Waals surface area contributed by atoms with Crippen molar-refractivity contribution in [3.8, 4) is 0 Å². The normalized spacial score (nSPS) is 14.7. The molecule has 0 aliphatic carbocycles. The lowest BCUT2D eigenvalue weighted by molar-refractivity contribution is 0.821. The summed E-state index contributed by atoms with van der Waals surface area (Å²) in [6, 6.07) is 6.55. The minimum Gasteiger partial charge on any atom is -0.289 e. The van der Waals surface area contributed by atoms with Gasteiger partial charge < -0.3 is 0 Å². The third-order valence-corrected chi connectivity index (χ3v) is 3.32. The molecule has 80 valence electrons. The van der Waals surface area contributed by atoms with Crippen LogP contribution in [-0.2, 0) is 6.42 Å². The van der Waals surface area contributed by atoms with Gasteiger partial charge in [-0.1, -0.05) is 35.3 Å². The monoisotopic (exact) mass is 265 g/mol. The van der Waals surface area contributed by atoms with Gasteiger partial charge in [0.05, 0.1) is 0 Å². The van der Waals surface area contributed by atoms with Crippen LogP contribution in [0.1, 0.15) is 37.3 Å². The molecule has 0 unspecified atom stereocenters. The molecular weight excluding hydrogens is 250 g/mol. The Balaban J connectivity index is 2.26. The van der Waals surface area contributed by atoms with E-state index in [2.05, 4.69) is 46.0 Å². The quantitative estimate of drug-likeness (QED) is 0.784. The molecule has 0 saturated heterocycles. The van der Waals surface area contributed by atoms with E-state index in [-0.39, 0.29) is 0 Å². The van der Waals surface area contributed by atoms with Crippen molar-refractivity contribution in [2.24, 2.45) is 4.99 Å². The predicted molar refractivity (Wildman–Crippen MR) is 68.8 cm³/mol. The summed E-state index contributed by atoms with van der Waals surface area (Å²) in [6.07, 6.45) is 4.70. The first-order valence-electron chi connectivity index (χ1n) is 5.63. The van der Waals surface area contributed by atoms with Gasteiger partial charge in [-0.2, -0.15) is 0 Å². The predicted octanol–water partition coefficient (Wildman–Crippen LogP) is 3.98. The van der Waals surface area contributed by atoms with E-state index in [1.54, 1.807) is 0 Å². The van der Waals surface area contributed by atoms with Gasteiger partial charge in [-0.3, -0.25) is 4.99 Å². The first-order chi connectivity index (χ1) is 7.31. The van der Waals surface area contributed by atoms with Gasteiger partial charge in [-0.25, -0.2) is 0 Å². The van der Waals surface area contributed by atoms with Crippen LogP contribution in [0.2, 0.25) is 0 Å². The molecule has 2 rings (SSSR count). The van der Waals surface area contributed by atoms with Crippen molar-refractivity contribution in [2.45, 2.75) is 32.6 Å². The summed E-state index contributed by atoms with van der Waals surface area (Å²) < 4.78 is 1.18. The Morgan fingerprint density at radius 2 is 2.27 bits per heavy atom. The Bertz CT molecular complexity index is 382. The van der Waals surface area contributed by atoms with Crippen LogP contribution in [0.25, 0.3) is 0 Å². The molecule has 15 heavy (non-hydrogen) atoms. The van der Waals surface area contributed by atoms with E-state index in [0.717, 1.165) is 19.4 Å². The fourth-order valence-electron chi connectivity index (χ4n) is 2.01. The lowest BCUT2D eigenvalue weighted by atomic mass is 9.95. The topological polar surface area (TPSA) is 12.4 Å². The van der Waals surface area contributed by atoms with Crippen molar-refractivity contribution in [1.29, 1.82) is 0 Å². The van der Waals surface area contributed by atoms with Crippen LogP contribution >= 0.6 is 15.9 Å². The number of aliphatic imine (C=N–C) groups is 1. The average Bonchev–Trinajstić information content (AvgIpc) is 2.25. The maximum Gasteiger partial charge on any atom is 0.0433 e. The van der Waals surface area contributed by atoms with Gasteiger partial charge in [-0.05, 0) is 42.5 Å². The van der Waals surface area contributed by atoms with Gasteiger partial charge in [0.25, 0.3) is 0 Å². The highest BCUT2D eigenvalue weighted by Crippen LogP contribution is 2.22. The van der Waals surface area contributed by atoms with Gasteiger partial charge in [0.15, 0.2) is 0 Å². The van der Waals surface area contributed by atoms with Crippen molar-refractivity contribution in [3.63, 3.8) is 0 Å². The van der Waals surface area contributed by atoms with E-state index in [1.807, 2.05) is 0 Å². The maximum atomic E-state index is 4.64. The number of unbranched alkanes of at least 4 members (excludes halogenated alkanes) is 1. The summed E-state index contributed by atoms with van der Waals surface area (Å²) in [6.45, 7) is 3.19. The standard InChI is InChI=1S/C13H16BrN/c1-2-3-4-13-12-6-5-11(14)9-10(12)7-8-15-13/h5-6,9H,2-4,7-8H2,1H3. The van der Waals surface area contributed by atoms with Crippen molar-refractivity contribution in [3.05, 3.63) is 33.8 Å². The molecule has 0 aromatic heterocycles. The first-order valence-corrected chi connectivity index (χ1v) is 6.42. The van der Waals surface area contributed by atoms with E-state index in [9.17, 15) is 0 Å². The molecule has 1 aliphatic heterocycles. The SMILES string of the molecule is CCCCC1=NCCc2cc(Br)ccc21. The second-order valence-corrected chi connectivity index (χ2v) is 4.90. The minimum atomic E-state index is 0.961. The van der Waals surface area contributed by atoms with Gasteiger partial charge in [0, 0.05) is 16.7 Å². The summed E-state index contributed by atoms with van der Waals surface area (Å²) >= 11 is 3.52. The largest absolute Gasteiger partial charge is 0.289 e. The van der Waals surface area contributed by atoms with E-state index in [0.29, 0.717) is 0 Å². The molecule has 2 heteroatoms. The number of fused-ring (bicyclic) bond motifs is 1. The third-order valence-electron chi connectivity index (χ3n) is 2.83. The number of nitrogens with zero attached hydrogens (tertiary/aromatic N) is 1. The zero-order chi connectivity index (χ0) is 10.7. The molecule has 0 spiro atoms. The number of hydrogen-bond acceptors (Lipinski definition) is 1. The smallest absolute Gasteiger partial charge is 0.0433 e. The molecule has 1 aliphatic rings. The molecule has 1 aromatic carbocycles. The van der Waals surface area contributed by atoms with E-state index in [1.165, 1.54) is 34.2 Å². The summed E-state index contributed by atoms with van der Waals surface area (Å²) in [4.78, 5) is 4.64. The number of hydrogen-bond donors (Lipinski definition) is 0. The second-order valence-electron chi connectivity index (χ2n) is 3.98. The lowest BCUT2D eigenvalue weighted by Gasteiger charge is -2.17. The maximum absolute atomic E-state index is 4.64. The van der Waals surface area contributed by atoms with Gasteiger partial charge in [-0.15, -0.1) is 0 Å². The lowest BCUT2D eigenvalue weighted by Crippen LogP contribution is -2.12. The van der Waals surface area contributed by atoms with Crippen molar-refractivity contribution in [2.75, 3.05) is 6.54 Å². The zero-order valence-corrected chi connectivity index (χ0v) is 10.7. The minimum absolute atomic E-state index is 0.961. The van der Waals surface area contributed by atoms with Crippen molar-refractivity contribution in [1.82, 2.24) is 0 Å². The zero-order valence-electron chi connectivity index (χ0n) is 9.09. The fourth-order valence-corrected chi connectivity index (χ4v) is 2.41. The van der Waals surface area contributed by atoms with Gasteiger partial charge >= 0.3 is 0 Å². The average molecular weight is 266 g/mol. The highest BCUT2D eigenvalue weighted by molar-refractivity contribution is 9.10. The first kappa shape index (κ1) is 10.9. The van der Waals surface area contributed by atoms with Crippen molar-refractivity contribution >= 4 is 21.6 Å². The Morgan fingerprint density at radius 3 is 3.07 bits per heavy atom. The third kappa shape index (κ3) is 2.49. The van der Waals surface area contributed by atoms with E-state index in [4.69, 9.17) is 0 Å². The number of benzene rings is 1. The van der Waals surface area contributed by atoms with Crippen LogP contribution < -0.4 is 0 Å². The molecular formula is C13H16BrN. The van der Waals surface area contributed by atoms with Crippen LogP contribution in [0.15, 0.2) is 27.7 Å². The van der Waals surface area contributed by atoms with E-state index < -0.39 is 0 Å². The Hall–Kier alpha value is -0.630. The molecule has 1 heterocycles. The number of rotatable bonds is 3. The Labute approximate surface area is 99.7 Å². The summed E-state index contributed by atoms with van der Waals surface area (Å²) in [7, 11) is 0. The molecule has 0 atom stereocenters. The molecule has 0 N–H and O–H groups in total. The Morgan fingerprint density at radius 1 is 1.40 bits per heavy atom. The molecule has 1 aromatic rings. The van der Waals surface area contributed by atoms with Crippen LogP contribution in [0.5, 0.6) is 0 Å². The molecule has 0 fully saturated rings. The summed E-state index contributed by atoms with van der Waals surface area (Å²) in [5, 5.41) is 0. The van der Waals surface area contributed by atoms with Crippen LogP contribution in [0.3, 0.4) is 0 Å². The van der Waals surface area contributed by atoms with Crippen LogP contribution in [0.4, 0.5) is 0 Å². The Kier molecular flexibility index (Phi) is 3.57. The van der Waals surface area contributed by atoms with Crippen LogP contribution in [-0.4, -0.2) is 12.3 Å². The second kappa shape index (κ2) is 4.93. The van der Waals surface area contributed by atoms with Crippen LogP contribution in [0, 0.1) is 0 Å².